The van der Waals surface area contributed by atoms with E-state index in [2.05, 4.69) is 17.0 Å². The largest absolute Gasteiger partial charge is 0.481 e. The normalized spacial score (nSPS) is 29.6. The molecule has 0 bridgehead atoms. The third kappa shape index (κ3) is 1.81. The quantitative estimate of drug-likeness (QED) is 0.821. The summed E-state index contributed by atoms with van der Waals surface area (Å²) in [6, 6.07) is 0. The van der Waals surface area contributed by atoms with Crippen LogP contribution in [0.25, 0.3) is 0 Å². The van der Waals surface area contributed by atoms with Crippen molar-refractivity contribution in [3.8, 4) is 0 Å². The van der Waals surface area contributed by atoms with Crippen molar-refractivity contribution in [1.82, 2.24) is 14.8 Å². The second-order valence-corrected chi connectivity index (χ2v) is 4.77. The molecule has 0 aliphatic heterocycles. The van der Waals surface area contributed by atoms with Crippen molar-refractivity contribution >= 4 is 5.97 Å². The Bertz CT molecular complexity index is 413. The van der Waals surface area contributed by atoms with E-state index >= 15 is 0 Å². The van der Waals surface area contributed by atoms with Gasteiger partial charge in [0.1, 0.15) is 11.6 Å². The summed E-state index contributed by atoms with van der Waals surface area (Å²) < 4.78 is 1.72. The lowest BCUT2D eigenvalue weighted by Crippen LogP contribution is -2.19. The van der Waals surface area contributed by atoms with Crippen LogP contribution in [0.4, 0.5) is 0 Å². The molecule has 2 rings (SSSR count). The monoisotopic (exact) mass is 223 g/mol. The van der Waals surface area contributed by atoms with Crippen molar-refractivity contribution in [2.45, 2.75) is 32.6 Å². The van der Waals surface area contributed by atoms with Gasteiger partial charge in [0.15, 0.2) is 0 Å². The number of aliphatic carboxylic acids is 1. The lowest BCUT2D eigenvalue weighted by Gasteiger charge is -2.13. The highest BCUT2D eigenvalue weighted by Gasteiger charge is 2.40. The van der Waals surface area contributed by atoms with Crippen LogP contribution >= 0.6 is 0 Å². The molecule has 16 heavy (non-hydrogen) atoms. The van der Waals surface area contributed by atoms with Gasteiger partial charge in [-0.05, 0) is 25.7 Å². The number of carboxylic acid groups (broad SMARTS) is 1. The van der Waals surface area contributed by atoms with Crippen molar-refractivity contribution in [1.29, 1.82) is 0 Å². The van der Waals surface area contributed by atoms with Crippen molar-refractivity contribution in [2.24, 2.45) is 18.9 Å². The molecule has 1 N–H and O–H groups in total. The van der Waals surface area contributed by atoms with Crippen LogP contribution in [0.15, 0.2) is 0 Å². The van der Waals surface area contributed by atoms with Gasteiger partial charge >= 0.3 is 5.97 Å². The van der Waals surface area contributed by atoms with E-state index in [1.165, 1.54) is 0 Å². The van der Waals surface area contributed by atoms with Gasteiger partial charge in [0.25, 0.3) is 0 Å². The van der Waals surface area contributed by atoms with E-state index in [0.29, 0.717) is 11.7 Å². The van der Waals surface area contributed by atoms with Crippen LogP contribution < -0.4 is 0 Å². The van der Waals surface area contributed by atoms with Crippen LogP contribution in [-0.4, -0.2) is 25.8 Å². The Balaban J connectivity index is 2.32. The maximum atomic E-state index is 11.2. The fraction of sp³-hybridized carbons (Fsp3) is 0.727. The number of aryl methyl sites for hydroxylation is 2. The van der Waals surface area contributed by atoms with E-state index < -0.39 is 5.97 Å². The average molecular weight is 223 g/mol. The molecule has 3 atom stereocenters. The van der Waals surface area contributed by atoms with Crippen LogP contribution in [0.5, 0.6) is 0 Å². The van der Waals surface area contributed by atoms with E-state index in [9.17, 15) is 9.90 Å². The molecule has 1 saturated carbocycles. The summed E-state index contributed by atoms with van der Waals surface area (Å²) in [5, 5.41) is 13.4. The third-order valence-corrected chi connectivity index (χ3v) is 3.35. The first-order valence-corrected chi connectivity index (χ1v) is 5.59. The molecule has 1 aromatic rings. The van der Waals surface area contributed by atoms with Gasteiger partial charge in [-0.15, -0.1) is 0 Å². The summed E-state index contributed by atoms with van der Waals surface area (Å²) >= 11 is 0. The zero-order valence-electron chi connectivity index (χ0n) is 9.84. The Hall–Kier alpha value is -1.39. The fourth-order valence-corrected chi connectivity index (χ4v) is 2.70. The van der Waals surface area contributed by atoms with Gasteiger partial charge in [0.2, 0.25) is 0 Å². The van der Waals surface area contributed by atoms with Crippen molar-refractivity contribution in [3.63, 3.8) is 0 Å². The van der Waals surface area contributed by atoms with Gasteiger partial charge < -0.3 is 5.11 Å². The highest BCUT2D eigenvalue weighted by Crippen LogP contribution is 2.42. The van der Waals surface area contributed by atoms with Crippen LogP contribution in [0.3, 0.4) is 0 Å². The van der Waals surface area contributed by atoms with Crippen LogP contribution in [0, 0.1) is 18.8 Å². The van der Waals surface area contributed by atoms with E-state index in [0.717, 1.165) is 18.7 Å². The predicted octanol–water partition coefficient (Wildman–Crippen LogP) is 1.34. The van der Waals surface area contributed by atoms with Gasteiger partial charge in [-0.3, -0.25) is 9.48 Å². The highest BCUT2D eigenvalue weighted by molar-refractivity contribution is 5.71. The number of aromatic nitrogens is 3. The van der Waals surface area contributed by atoms with Crippen LogP contribution in [0.2, 0.25) is 0 Å². The molecule has 0 aromatic carbocycles. The summed E-state index contributed by atoms with van der Waals surface area (Å²) in [6.07, 6.45) is 1.63. The zero-order chi connectivity index (χ0) is 11.9. The lowest BCUT2D eigenvalue weighted by atomic mass is 9.95. The topological polar surface area (TPSA) is 68.0 Å². The molecule has 3 unspecified atom stereocenters. The van der Waals surface area contributed by atoms with Crippen LogP contribution in [-0.2, 0) is 11.8 Å². The molecule has 1 aromatic heterocycles. The average Bonchev–Trinajstić information content (AvgIpc) is 2.69. The number of hydrogen-bond donors (Lipinski definition) is 1. The molecule has 5 heteroatoms. The number of nitrogens with zero attached hydrogens (tertiary/aromatic N) is 3. The molecule has 0 amide bonds. The maximum Gasteiger partial charge on any atom is 0.307 e. The maximum absolute atomic E-state index is 11.2. The molecule has 5 nitrogen and oxygen atoms in total. The number of carboxylic acids is 1. The summed E-state index contributed by atoms with van der Waals surface area (Å²) in [5.41, 5.74) is 0. The van der Waals surface area contributed by atoms with Crippen molar-refractivity contribution in [2.75, 3.05) is 0 Å². The molecule has 1 aliphatic rings. The standard InChI is InChI=1S/C11H17N3O2/c1-6-4-8(9(5-6)11(15)16)10-12-7(2)13-14(10)3/h6,8-9H,4-5H2,1-3H3,(H,15,16). The van der Waals surface area contributed by atoms with Gasteiger partial charge in [-0.2, -0.15) is 5.10 Å². The predicted molar refractivity (Wildman–Crippen MR) is 58.0 cm³/mol. The minimum absolute atomic E-state index is 0.0127. The molecule has 1 aliphatic carbocycles. The van der Waals surface area contributed by atoms with E-state index in [1.807, 2.05) is 14.0 Å². The van der Waals surface area contributed by atoms with Gasteiger partial charge in [-0.25, -0.2) is 4.98 Å². The molecule has 0 radical (unpaired) electrons. The second kappa shape index (κ2) is 3.88. The molecule has 1 fully saturated rings. The lowest BCUT2D eigenvalue weighted by molar-refractivity contribution is -0.142. The number of hydrogen-bond acceptors (Lipinski definition) is 3. The Kier molecular flexibility index (Phi) is 2.69. The molecule has 0 spiro atoms. The summed E-state index contributed by atoms with van der Waals surface area (Å²) in [7, 11) is 1.83. The molecular formula is C11H17N3O2. The smallest absolute Gasteiger partial charge is 0.307 e. The number of carbonyl (C=O) groups is 1. The minimum atomic E-state index is -0.713. The van der Waals surface area contributed by atoms with Crippen molar-refractivity contribution < 1.29 is 9.90 Å². The van der Waals surface area contributed by atoms with Crippen LogP contribution in [0.1, 0.15) is 37.3 Å². The van der Waals surface area contributed by atoms with Gasteiger partial charge in [0.05, 0.1) is 5.92 Å². The first kappa shape index (κ1) is 11.1. The fourth-order valence-electron chi connectivity index (χ4n) is 2.70. The molecule has 0 saturated heterocycles. The molecule has 1 heterocycles. The highest BCUT2D eigenvalue weighted by atomic mass is 16.4. The summed E-state index contributed by atoms with van der Waals surface area (Å²) in [6.45, 7) is 3.93. The van der Waals surface area contributed by atoms with E-state index in [1.54, 1.807) is 4.68 Å². The Morgan fingerprint density at radius 2 is 2.19 bits per heavy atom. The third-order valence-electron chi connectivity index (χ3n) is 3.35. The van der Waals surface area contributed by atoms with E-state index in [4.69, 9.17) is 0 Å². The van der Waals surface area contributed by atoms with Gasteiger partial charge in [-0.1, -0.05) is 6.92 Å². The van der Waals surface area contributed by atoms with E-state index in [-0.39, 0.29) is 11.8 Å². The van der Waals surface area contributed by atoms with Gasteiger partial charge in [0, 0.05) is 13.0 Å². The summed E-state index contributed by atoms with van der Waals surface area (Å²) in [5.74, 6) is 0.963. The Morgan fingerprint density at radius 1 is 1.50 bits per heavy atom. The summed E-state index contributed by atoms with van der Waals surface area (Å²) in [4.78, 5) is 15.5. The second-order valence-electron chi connectivity index (χ2n) is 4.77. The Labute approximate surface area is 94.5 Å². The first-order valence-electron chi connectivity index (χ1n) is 5.59. The first-order chi connectivity index (χ1) is 7.49. The van der Waals surface area contributed by atoms with Crippen molar-refractivity contribution in [3.05, 3.63) is 11.6 Å². The molecule has 88 valence electrons. The zero-order valence-corrected chi connectivity index (χ0v) is 9.84. The Morgan fingerprint density at radius 3 is 2.69 bits per heavy atom. The SMILES string of the molecule is Cc1nc(C2CC(C)CC2C(=O)O)n(C)n1. The number of rotatable bonds is 2. The minimum Gasteiger partial charge on any atom is -0.481 e. The molecular weight excluding hydrogens is 206 g/mol.